The van der Waals surface area contributed by atoms with Crippen LogP contribution in [0, 0.1) is 0 Å². The predicted molar refractivity (Wildman–Crippen MR) is 88.3 cm³/mol. The highest BCUT2D eigenvalue weighted by Gasteiger charge is 2.10. The molecule has 1 heterocycles. The van der Waals surface area contributed by atoms with Crippen LogP contribution in [0.5, 0.6) is 0 Å². The van der Waals surface area contributed by atoms with Crippen LogP contribution in [0.15, 0.2) is 12.1 Å². The zero-order valence-electron chi connectivity index (χ0n) is 13.3. The molecule has 0 atom stereocenters. The Labute approximate surface area is 132 Å². The molecule has 0 bridgehead atoms. The second kappa shape index (κ2) is 8.85. The van der Waals surface area contributed by atoms with Crippen LogP contribution in [-0.2, 0) is 0 Å². The Kier molecular flexibility index (Phi) is 7.47. The van der Waals surface area contributed by atoms with Crippen molar-refractivity contribution in [2.45, 2.75) is 20.3 Å². The number of pyridine rings is 1. The van der Waals surface area contributed by atoms with Crippen LogP contribution in [0.25, 0.3) is 0 Å². The van der Waals surface area contributed by atoms with E-state index in [9.17, 15) is 4.79 Å². The third-order valence-corrected chi connectivity index (χ3v) is 3.53. The van der Waals surface area contributed by atoms with E-state index in [0.717, 1.165) is 26.1 Å². The average Bonchev–Trinajstić information content (AvgIpc) is 2.46. The number of hydrogen-bond donors (Lipinski definition) is 1. The molecule has 0 fully saturated rings. The molecule has 0 aliphatic carbocycles. The van der Waals surface area contributed by atoms with Crippen molar-refractivity contribution >= 4 is 23.3 Å². The zero-order valence-corrected chi connectivity index (χ0v) is 14.1. The van der Waals surface area contributed by atoms with Gasteiger partial charge in [0.15, 0.2) is 0 Å². The second-order valence-electron chi connectivity index (χ2n) is 5.07. The van der Waals surface area contributed by atoms with E-state index in [1.54, 1.807) is 12.1 Å². The van der Waals surface area contributed by atoms with Gasteiger partial charge in [-0.15, -0.1) is 0 Å². The molecule has 0 radical (unpaired) electrons. The van der Waals surface area contributed by atoms with Crippen LogP contribution >= 0.6 is 11.6 Å². The molecule has 0 saturated heterocycles. The fourth-order valence-electron chi connectivity index (χ4n) is 1.99. The summed E-state index contributed by atoms with van der Waals surface area (Å²) < 4.78 is 0. The lowest BCUT2D eigenvalue weighted by molar-refractivity contribution is 0.0951. The van der Waals surface area contributed by atoms with Gasteiger partial charge >= 0.3 is 0 Å². The summed E-state index contributed by atoms with van der Waals surface area (Å²) in [5.41, 5.74) is 0.543. The van der Waals surface area contributed by atoms with Crippen molar-refractivity contribution in [1.82, 2.24) is 15.2 Å². The summed E-state index contributed by atoms with van der Waals surface area (Å²) in [6, 6.07) is 3.33. The van der Waals surface area contributed by atoms with Crippen molar-refractivity contribution in [2.75, 3.05) is 45.2 Å². The highest BCUT2D eigenvalue weighted by molar-refractivity contribution is 6.29. The molecule has 1 N–H and O–H groups in total. The standard InChI is InChI=1S/C15H25ClN4O/c1-5-20(6-2)9-7-8-17-15(21)12-10-13(16)18-14(11-12)19(3)4/h10-11H,5-9H2,1-4H3,(H,17,21). The van der Waals surface area contributed by atoms with Gasteiger partial charge in [-0.3, -0.25) is 4.79 Å². The van der Waals surface area contributed by atoms with Gasteiger partial charge in [0.05, 0.1) is 0 Å². The quantitative estimate of drug-likeness (QED) is 0.591. The van der Waals surface area contributed by atoms with E-state index in [0.29, 0.717) is 23.1 Å². The average molecular weight is 313 g/mol. The molecule has 118 valence electrons. The molecular formula is C15H25ClN4O. The molecular weight excluding hydrogens is 288 g/mol. The van der Waals surface area contributed by atoms with Gasteiger partial charge in [0.1, 0.15) is 11.0 Å². The lowest BCUT2D eigenvalue weighted by atomic mass is 10.2. The van der Waals surface area contributed by atoms with Gasteiger partial charge in [-0.05, 0) is 38.2 Å². The van der Waals surface area contributed by atoms with Gasteiger partial charge in [-0.2, -0.15) is 0 Å². The highest BCUT2D eigenvalue weighted by Crippen LogP contribution is 2.16. The number of carbonyl (C=O) groups excluding carboxylic acids is 1. The zero-order chi connectivity index (χ0) is 15.8. The maximum Gasteiger partial charge on any atom is 0.251 e. The third kappa shape index (κ3) is 5.89. The van der Waals surface area contributed by atoms with Crippen LogP contribution < -0.4 is 10.2 Å². The van der Waals surface area contributed by atoms with Crippen LogP contribution in [0.4, 0.5) is 5.82 Å². The number of amides is 1. The summed E-state index contributed by atoms with van der Waals surface area (Å²) in [7, 11) is 3.73. The fourth-order valence-corrected chi connectivity index (χ4v) is 2.19. The molecule has 1 rings (SSSR count). The van der Waals surface area contributed by atoms with Gasteiger partial charge in [-0.1, -0.05) is 25.4 Å². The molecule has 0 unspecified atom stereocenters. The predicted octanol–water partition coefficient (Wildman–Crippen LogP) is 2.26. The van der Waals surface area contributed by atoms with Crippen LogP contribution in [0.1, 0.15) is 30.6 Å². The first kappa shape index (κ1) is 17.7. The van der Waals surface area contributed by atoms with Gasteiger partial charge < -0.3 is 15.1 Å². The largest absolute Gasteiger partial charge is 0.363 e. The Balaban J connectivity index is 2.52. The summed E-state index contributed by atoms with van der Waals surface area (Å²) in [5, 5.41) is 3.25. The Morgan fingerprint density at radius 1 is 1.29 bits per heavy atom. The summed E-state index contributed by atoms with van der Waals surface area (Å²) >= 11 is 5.95. The number of nitrogens with one attached hydrogen (secondary N) is 1. The summed E-state index contributed by atoms with van der Waals surface area (Å²) in [5.74, 6) is 0.567. The van der Waals surface area contributed by atoms with E-state index in [-0.39, 0.29) is 5.91 Å². The maximum absolute atomic E-state index is 12.1. The van der Waals surface area contributed by atoms with E-state index in [4.69, 9.17) is 11.6 Å². The summed E-state index contributed by atoms with van der Waals surface area (Å²) in [4.78, 5) is 20.4. The van der Waals surface area contributed by atoms with E-state index in [1.165, 1.54) is 0 Å². The fraction of sp³-hybridized carbons (Fsp3) is 0.600. The van der Waals surface area contributed by atoms with E-state index >= 15 is 0 Å². The molecule has 1 aromatic rings. The molecule has 5 nitrogen and oxygen atoms in total. The topological polar surface area (TPSA) is 48.5 Å². The van der Waals surface area contributed by atoms with Crippen molar-refractivity contribution in [2.24, 2.45) is 0 Å². The number of rotatable bonds is 8. The lowest BCUT2D eigenvalue weighted by Crippen LogP contribution is -2.30. The molecule has 0 aromatic carbocycles. The minimum atomic E-state index is -0.109. The summed E-state index contributed by atoms with van der Waals surface area (Å²) in [6.07, 6.45) is 0.937. The molecule has 0 spiro atoms. The van der Waals surface area contributed by atoms with E-state index < -0.39 is 0 Å². The number of halogens is 1. The lowest BCUT2D eigenvalue weighted by Gasteiger charge is -2.17. The SMILES string of the molecule is CCN(CC)CCCNC(=O)c1cc(Cl)nc(N(C)C)c1. The number of carbonyl (C=O) groups is 1. The molecule has 0 aliphatic rings. The summed E-state index contributed by atoms with van der Waals surface area (Å²) in [6.45, 7) is 8.01. The first-order valence-electron chi connectivity index (χ1n) is 7.33. The van der Waals surface area contributed by atoms with Gasteiger partial charge in [0, 0.05) is 26.2 Å². The number of aromatic nitrogens is 1. The van der Waals surface area contributed by atoms with E-state index in [2.05, 4.69) is 29.0 Å². The van der Waals surface area contributed by atoms with Crippen molar-refractivity contribution in [3.63, 3.8) is 0 Å². The van der Waals surface area contributed by atoms with E-state index in [1.807, 2.05) is 19.0 Å². The third-order valence-electron chi connectivity index (χ3n) is 3.33. The van der Waals surface area contributed by atoms with Crippen LogP contribution in [0.3, 0.4) is 0 Å². The first-order chi connectivity index (χ1) is 9.97. The molecule has 1 aromatic heterocycles. The molecule has 0 aliphatic heterocycles. The van der Waals surface area contributed by atoms with Crippen molar-refractivity contribution in [3.8, 4) is 0 Å². The van der Waals surface area contributed by atoms with Crippen LogP contribution in [-0.4, -0.2) is 56.1 Å². The Morgan fingerprint density at radius 3 is 2.52 bits per heavy atom. The molecule has 1 amide bonds. The minimum absolute atomic E-state index is 0.109. The Hall–Kier alpha value is -1.33. The first-order valence-corrected chi connectivity index (χ1v) is 7.71. The van der Waals surface area contributed by atoms with Gasteiger partial charge in [-0.25, -0.2) is 4.98 Å². The van der Waals surface area contributed by atoms with Gasteiger partial charge in [0.25, 0.3) is 5.91 Å². The molecule has 21 heavy (non-hydrogen) atoms. The number of hydrogen-bond acceptors (Lipinski definition) is 4. The second-order valence-corrected chi connectivity index (χ2v) is 5.45. The number of anilines is 1. The maximum atomic E-state index is 12.1. The molecule has 6 heteroatoms. The van der Waals surface area contributed by atoms with Gasteiger partial charge in [0.2, 0.25) is 0 Å². The van der Waals surface area contributed by atoms with Crippen molar-refractivity contribution in [1.29, 1.82) is 0 Å². The number of nitrogens with zero attached hydrogens (tertiary/aromatic N) is 3. The molecule has 0 saturated carbocycles. The van der Waals surface area contributed by atoms with Crippen molar-refractivity contribution < 1.29 is 4.79 Å². The Morgan fingerprint density at radius 2 is 1.95 bits per heavy atom. The minimum Gasteiger partial charge on any atom is -0.363 e. The van der Waals surface area contributed by atoms with Crippen molar-refractivity contribution in [3.05, 3.63) is 22.8 Å². The monoisotopic (exact) mass is 312 g/mol. The van der Waals surface area contributed by atoms with Crippen LogP contribution in [0.2, 0.25) is 5.15 Å². The normalized spacial score (nSPS) is 10.8. The smallest absolute Gasteiger partial charge is 0.251 e. The highest BCUT2D eigenvalue weighted by atomic mass is 35.5. The Bertz CT molecular complexity index is 461.